The van der Waals surface area contributed by atoms with Gasteiger partial charge in [0.25, 0.3) is 0 Å². The summed E-state index contributed by atoms with van der Waals surface area (Å²) in [5.41, 5.74) is 1.99. The van der Waals surface area contributed by atoms with E-state index < -0.39 is 0 Å². The van der Waals surface area contributed by atoms with E-state index in [0.717, 1.165) is 23.4 Å². The van der Waals surface area contributed by atoms with Crippen LogP contribution in [0.1, 0.15) is 18.1 Å². The van der Waals surface area contributed by atoms with E-state index >= 15 is 0 Å². The number of benzene rings is 1. The van der Waals surface area contributed by atoms with Gasteiger partial charge in [-0.15, -0.1) is 0 Å². The van der Waals surface area contributed by atoms with Gasteiger partial charge in [-0.3, -0.25) is 4.90 Å². The van der Waals surface area contributed by atoms with Crippen molar-refractivity contribution < 1.29 is 14.6 Å². The molecule has 0 bridgehead atoms. The van der Waals surface area contributed by atoms with E-state index in [1.165, 1.54) is 0 Å². The Hall–Kier alpha value is -1.54. The largest absolute Gasteiger partial charge is 0.497 e. The van der Waals surface area contributed by atoms with Crippen LogP contribution in [0.4, 0.5) is 0 Å². The third-order valence-electron chi connectivity index (χ3n) is 3.19. The van der Waals surface area contributed by atoms with Crippen molar-refractivity contribution in [3.05, 3.63) is 29.3 Å². The van der Waals surface area contributed by atoms with Gasteiger partial charge in [0.2, 0.25) is 0 Å². The summed E-state index contributed by atoms with van der Waals surface area (Å²) in [6, 6.07) is 6.09. The lowest BCUT2D eigenvalue weighted by molar-refractivity contribution is 0.112. The van der Waals surface area contributed by atoms with E-state index in [0.29, 0.717) is 12.6 Å². The Bertz CT molecular complexity index is 476. The first-order chi connectivity index (χ1) is 9.62. The van der Waals surface area contributed by atoms with Crippen molar-refractivity contribution in [3.8, 4) is 17.6 Å². The standard InChI is InChI=1S/C16H23NO3/c1-13(12-19-3)17(2)11-15-10-16(20-4)8-7-14(15)6-5-9-18/h7-8,10,13,18H,9,11-12H2,1-4H3. The highest BCUT2D eigenvalue weighted by Gasteiger charge is 2.12. The summed E-state index contributed by atoms with van der Waals surface area (Å²) < 4.78 is 10.4. The van der Waals surface area contributed by atoms with Crippen LogP contribution >= 0.6 is 0 Å². The van der Waals surface area contributed by atoms with Gasteiger partial charge in [0.1, 0.15) is 12.4 Å². The molecule has 1 unspecified atom stereocenters. The number of aliphatic hydroxyl groups excluding tert-OH is 1. The molecule has 0 aliphatic rings. The molecule has 0 aliphatic heterocycles. The molecule has 4 heteroatoms. The van der Waals surface area contributed by atoms with Crippen LogP contribution in [0.25, 0.3) is 0 Å². The van der Waals surface area contributed by atoms with E-state index in [2.05, 4.69) is 23.7 Å². The van der Waals surface area contributed by atoms with Gasteiger partial charge in [0, 0.05) is 25.3 Å². The number of nitrogens with zero attached hydrogens (tertiary/aromatic N) is 1. The molecular formula is C16H23NO3. The predicted molar refractivity (Wildman–Crippen MR) is 79.8 cm³/mol. The minimum absolute atomic E-state index is 0.138. The molecule has 1 N–H and O–H groups in total. The molecule has 1 atom stereocenters. The monoisotopic (exact) mass is 277 g/mol. The number of ether oxygens (including phenoxy) is 2. The molecule has 0 saturated carbocycles. The fourth-order valence-electron chi connectivity index (χ4n) is 1.88. The first kappa shape index (κ1) is 16.5. The Labute approximate surface area is 121 Å². The maximum Gasteiger partial charge on any atom is 0.119 e. The van der Waals surface area contributed by atoms with Crippen LogP contribution in [0, 0.1) is 11.8 Å². The average Bonchev–Trinajstić information content (AvgIpc) is 2.46. The molecule has 110 valence electrons. The van der Waals surface area contributed by atoms with E-state index in [1.807, 2.05) is 25.2 Å². The molecule has 0 fully saturated rings. The highest BCUT2D eigenvalue weighted by Crippen LogP contribution is 2.19. The Balaban J connectivity index is 2.95. The molecular weight excluding hydrogens is 254 g/mol. The van der Waals surface area contributed by atoms with Crippen molar-refractivity contribution in [2.75, 3.05) is 34.5 Å². The molecule has 0 radical (unpaired) electrons. The van der Waals surface area contributed by atoms with Crippen LogP contribution in [-0.4, -0.2) is 50.5 Å². The van der Waals surface area contributed by atoms with Gasteiger partial charge in [-0.1, -0.05) is 11.8 Å². The summed E-state index contributed by atoms with van der Waals surface area (Å²) in [6.45, 7) is 3.40. The maximum absolute atomic E-state index is 8.83. The molecule has 0 aliphatic carbocycles. The summed E-state index contributed by atoms with van der Waals surface area (Å²) >= 11 is 0. The van der Waals surface area contributed by atoms with Crippen LogP contribution in [0.5, 0.6) is 5.75 Å². The molecule has 20 heavy (non-hydrogen) atoms. The molecule has 0 heterocycles. The number of likely N-dealkylation sites (N-methyl/N-ethyl adjacent to an activating group) is 1. The molecule has 0 saturated heterocycles. The summed E-state index contributed by atoms with van der Waals surface area (Å²) in [6.07, 6.45) is 0. The van der Waals surface area contributed by atoms with Crippen molar-refractivity contribution in [2.45, 2.75) is 19.5 Å². The Morgan fingerprint density at radius 2 is 2.10 bits per heavy atom. The number of aliphatic hydroxyl groups is 1. The molecule has 1 aromatic carbocycles. The number of hydrogen-bond donors (Lipinski definition) is 1. The van der Waals surface area contributed by atoms with Crippen molar-refractivity contribution in [1.82, 2.24) is 4.90 Å². The lowest BCUT2D eigenvalue weighted by Gasteiger charge is -2.24. The lowest BCUT2D eigenvalue weighted by atomic mass is 10.1. The van der Waals surface area contributed by atoms with Crippen LogP contribution in [0.3, 0.4) is 0 Å². The van der Waals surface area contributed by atoms with E-state index in [9.17, 15) is 0 Å². The summed E-state index contributed by atoms with van der Waals surface area (Å²) in [7, 11) is 5.40. The predicted octanol–water partition coefficient (Wildman–Crippen LogP) is 1.51. The van der Waals surface area contributed by atoms with Crippen molar-refractivity contribution in [1.29, 1.82) is 0 Å². The zero-order valence-corrected chi connectivity index (χ0v) is 12.6. The smallest absolute Gasteiger partial charge is 0.119 e. The Morgan fingerprint density at radius 3 is 2.70 bits per heavy atom. The zero-order valence-electron chi connectivity index (χ0n) is 12.6. The molecule has 1 rings (SSSR count). The molecule has 4 nitrogen and oxygen atoms in total. The second kappa shape index (κ2) is 8.60. The van der Waals surface area contributed by atoms with Gasteiger partial charge >= 0.3 is 0 Å². The minimum atomic E-state index is -0.138. The van der Waals surface area contributed by atoms with Crippen LogP contribution in [0.15, 0.2) is 18.2 Å². The summed E-state index contributed by atoms with van der Waals surface area (Å²) in [4.78, 5) is 2.20. The SMILES string of the molecule is COCC(C)N(C)Cc1cc(OC)ccc1C#CCO. The normalized spacial score (nSPS) is 11.9. The zero-order chi connectivity index (χ0) is 15.0. The molecule has 0 aromatic heterocycles. The average molecular weight is 277 g/mol. The van der Waals surface area contributed by atoms with Crippen molar-refractivity contribution >= 4 is 0 Å². The van der Waals surface area contributed by atoms with Crippen molar-refractivity contribution in [2.24, 2.45) is 0 Å². The molecule has 0 amide bonds. The minimum Gasteiger partial charge on any atom is -0.497 e. The second-order valence-corrected chi connectivity index (χ2v) is 4.70. The van der Waals surface area contributed by atoms with Crippen LogP contribution < -0.4 is 4.74 Å². The van der Waals surface area contributed by atoms with Gasteiger partial charge in [0.15, 0.2) is 0 Å². The van der Waals surface area contributed by atoms with E-state index in [-0.39, 0.29) is 6.61 Å². The number of hydrogen-bond acceptors (Lipinski definition) is 4. The van der Waals surface area contributed by atoms with E-state index in [4.69, 9.17) is 14.6 Å². The van der Waals surface area contributed by atoms with Gasteiger partial charge in [-0.2, -0.15) is 0 Å². The van der Waals surface area contributed by atoms with Gasteiger partial charge < -0.3 is 14.6 Å². The second-order valence-electron chi connectivity index (χ2n) is 4.70. The van der Waals surface area contributed by atoms with Gasteiger partial charge in [-0.25, -0.2) is 0 Å². The number of rotatable bonds is 6. The number of methoxy groups -OCH3 is 2. The highest BCUT2D eigenvalue weighted by molar-refractivity contribution is 5.45. The first-order valence-electron chi connectivity index (χ1n) is 6.58. The van der Waals surface area contributed by atoms with Gasteiger partial charge in [-0.05, 0) is 37.7 Å². The highest BCUT2D eigenvalue weighted by atomic mass is 16.5. The lowest BCUT2D eigenvalue weighted by Crippen LogP contribution is -2.32. The van der Waals surface area contributed by atoms with Crippen LogP contribution in [0.2, 0.25) is 0 Å². The third kappa shape index (κ3) is 4.86. The fraction of sp³-hybridized carbons (Fsp3) is 0.500. The Morgan fingerprint density at radius 1 is 1.35 bits per heavy atom. The Kier molecular flexibility index (Phi) is 7.10. The molecule has 1 aromatic rings. The topological polar surface area (TPSA) is 41.9 Å². The first-order valence-corrected chi connectivity index (χ1v) is 6.58. The third-order valence-corrected chi connectivity index (χ3v) is 3.19. The fourth-order valence-corrected chi connectivity index (χ4v) is 1.88. The van der Waals surface area contributed by atoms with Gasteiger partial charge in [0.05, 0.1) is 13.7 Å². The summed E-state index contributed by atoms with van der Waals surface area (Å²) in [5.74, 6) is 6.48. The quantitative estimate of drug-likeness (QED) is 0.800. The molecule has 0 spiro atoms. The maximum atomic E-state index is 8.83. The van der Waals surface area contributed by atoms with Crippen molar-refractivity contribution in [3.63, 3.8) is 0 Å². The van der Waals surface area contributed by atoms with Crippen LogP contribution in [-0.2, 0) is 11.3 Å². The summed E-state index contributed by atoms with van der Waals surface area (Å²) in [5, 5.41) is 8.83. The van der Waals surface area contributed by atoms with E-state index in [1.54, 1.807) is 14.2 Å².